The Labute approximate surface area is 122 Å². The number of piperidine rings is 1. The molecule has 6 heteroatoms. The van der Waals surface area contributed by atoms with Gasteiger partial charge in [-0.15, -0.1) is 0 Å². The Balaban J connectivity index is 2.39. The molecule has 0 bridgehead atoms. The van der Waals surface area contributed by atoms with Gasteiger partial charge in [0.15, 0.2) is 0 Å². The highest BCUT2D eigenvalue weighted by molar-refractivity contribution is 6.30. The van der Waals surface area contributed by atoms with Crippen molar-refractivity contribution in [1.82, 2.24) is 4.90 Å². The Morgan fingerprint density at radius 2 is 2.00 bits per heavy atom. The first-order valence-electron chi connectivity index (χ1n) is 6.39. The Morgan fingerprint density at radius 1 is 1.40 bits per heavy atom. The Kier molecular flexibility index (Phi) is 3.95. The van der Waals surface area contributed by atoms with Crippen molar-refractivity contribution in [2.45, 2.75) is 18.9 Å². The van der Waals surface area contributed by atoms with Crippen LogP contribution in [-0.2, 0) is 5.60 Å². The summed E-state index contributed by atoms with van der Waals surface area (Å²) in [4.78, 5) is 12.3. The molecule has 1 aliphatic rings. The lowest BCUT2D eigenvalue weighted by molar-refractivity contribution is -0.147. The van der Waals surface area contributed by atoms with Gasteiger partial charge in [0.25, 0.3) is 0 Å². The van der Waals surface area contributed by atoms with Gasteiger partial charge < -0.3 is 20.2 Å². The van der Waals surface area contributed by atoms with Crippen LogP contribution in [0.2, 0.25) is 5.02 Å². The Hall–Kier alpha value is -1.30. The second kappa shape index (κ2) is 5.24. The summed E-state index contributed by atoms with van der Waals surface area (Å²) in [6.07, 6.45) is -0.805. The molecule has 3 N–H and O–H groups in total. The number of rotatable bonds is 2. The van der Waals surface area contributed by atoms with E-state index in [1.165, 1.54) is 4.90 Å². The molecule has 1 aromatic carbocycles. The van der Waals surface area contributed by atoms with Crippen LogP contribution in [-0.4, -0.2) is 46.0 Å². The van der Waals surface area contributed by atoms with E-state index in [-0.39, 0.29) is 26.1 Å². The van der Waals surface area contributed by atoms with E-state index in [9.17, 15) is 15.0 Å². The monoisotopic (exact) mass is 299 g/mol. The molecule has 2 atom stereocenters. The molecule has 5 nitrogen and oxygen atoms in total. The number of halogens is 1. The number of benzene rings is 1. The highest BCUT2D eigenvalue weighted by Gasteiger charge is 2.52. The van der Waals surface area contributed by atoms with Crippen molar-refractivity contribution in [3.8, 4) is 0 Å². The minimum absolute atomic E-state index is 0.0813. The van der Waals surface area contributed by atoms with Crippen molar-refractivity contribution in [2.75, 3.05) is 19.7 Å². The number of aliphatic hydroxyl groups is 2. The van der Waals surface area contributed by atoms with E-state index >= 15 is 0 Å². The fourth-order valence-corrected chi connectivity index (χ4v) is 2.92. The van der Waals surface area contributed by atoms with Crippen LogP contribution in [0.5, 0.6) is 0 Å². The van der Waals surface area contributed by atoms with Crippen LogP contribution in [0.4, 0.5) is 4.79 Å². The van der Waals surface area contributed by atoms with Crippen molar-refractivity contribution in [2.24, 2.45) is 5.41 Å². The Bertz CT molecular complexity index is 506. The van der Waals surface area contributed by atoms with Crippen molar-refractivity contribution < 1.29 is 20.1 Å². The van der Waals surface area contributed by atoms with E-state index in [0.29, 0.717) is 10.6 Å². The summed E-state index contributed by atoms with van der Waals surface area (Å²) in [7, 11) is 0. The molecule has 0 aromatic heterocycles. The number of amides is 1. The maximum atomic E-state index is 11.1. The summed E-state index contributed by atoms with van der Waals surface area (Å²) in [6, 6.07) is 6.78. The van der Waals surface area contributed by atoms with E-state index in [1.807, 2.05) is 0 Å². The van der Waals surface area contributed by atoms with Crippen molar-refractivity contribution >= 4 is 17.7 Å². The second-order valence-corrected chi connectivity index (χ2v) is 5.98. The standard InChI is InChI=1S/C14H18ClNO4/c1-13(9-17)8-16(12(18)19)7-6-14(13,20)10-2-4-11(15)5-3-10/h2-5,17,20H,6-9H2,1H3,(H,18,19). The van der Waals surface area contributed by atoms with E-state index in [1.54, 1.807) is 31.2 Å². The summed E-state index contributed by atoms with van der Waals surface area (Å²) >= 11 is 5.85. The summed E-state index contributed by atoms with van der Waals surface area (Å²) in [5, 5.41) is 30.4. The van der Waals surface area contributed by atoms with Crippen LogP contribution in [0, 0.1) is 5.41 Å². The van der Waals surface area contributed by atoms with Gasteiger partial charge in [-0.05, 0) is 24.1 Å². The normalized spacial score (nSPS) is 30.3. The zero-order chi connectivity index (χ0) is 15.0. The molecule has 2 unspecified atom stereocenters. The zero-order valence-corrected chi connectivity index (χ0v) is 12.0. The molecule has 1 aliphatic heterocycles. The molecule has 0 spiro atoms. The van der Waals surface area contributed by atoms with Crippen LogP contribution < -0.4 is 0 Å². The number of aliphatic hydroxyl groups excluding tert-OH is 1. The van der Waals surface area contributed by atoms with Gasteiger partial charge in [-0.1, -0.05) is 30.7 Å². The number of nitrogens with zero attached hydrogens (tertiary/aromatic N) is 1. The third kappa shape index (κ3) is 2.37. The van der Waals surface area contributed by atoms with Crippen molar-refractivity contribution in [1.29, 1.82) is 0 Å². The number of likely N-dealkylation sites (tertiary alicyclic amines) is 1. The van der Waals surface area contributed by atoms with Gasteiger partial charge in [0, 0.05) is 23.5 Å². The van der Waals surface area contributed by atoms with E-state index in [4.69, 9.17) is 16.7 Å². The fraction of sp³-hybridized carbons (Fsp3) is 0.500. The van der Waals surface area contributed by atoms with Crippen LogP contribution in [0.3, 0.4) is 0 Å². The number of hydrogen-bond donors (Lipinski definition) is 3. The molecular weight excluding hydrogens is 282 g/mol. The first-order valence-corrected chi connectivity index (χ1v) is 6.77. The molecule has 20 heavy (non-hydrogen) atoms. The Morgan fingerprint density at radius 3 is 2.50 bits per heavy atom. The van der Waals surface area contributed by atoms with Crippen LogP contribution in [0.1, 0.15) is 18.9 Å². The lowest BCUT2D eigenvalue weighted by Gasteiger charge is -2.50. The number of carbonyl (C=O) groups is 1. The maximum Gasteiger partial charge on any atom is 0.407 e. The van der Waals surface area contributed by atoms with Crippen LogP contribution in [0.15, 0.2) is 24.3 Å². The molecule has 1 heterocycles. The number of carboxylic acid groups (broad SMARTS) is 1. The van der Waals surface area contributed by atoms with Gasteiger partial charge in [0.2, 0.25) is 0 Å². The lowest BCUT2D eigenvalue weighted by atomic mass is 9.66. The fourth-order valence-electron chi connectivity index (χ4n) is 2.79. The average Bonchev–Trinajstić information content (AvgIpc) is 2.42. The predicted molar refractivity (Wildman–Crippen MR) is 74.8 cm³/mol. The molecule has 1 saturated heterocycles. The summed E-state index contributed by atoms with van der Waals surface area (Å²) < 4.78 is 0. The molecule has 1 amide bonds. The summed E-state index contributed by atoms with van der Waals surface area (Å²) in [5.41, 5.74) is -1.60. The highest BCUT2D eigenvalue weighted by Crippen LogP contribution is 2.46. The van der Waals surface area contributed by atoms with Gasteiger partial charge >= 0.3 is 6.09 Å². The molecule has 0 saturated carbocycles. The van der Waals surface area contributed by atoms with Crippen LogP contribution >= 0.6 is 11.6 Å². The summed E-state index contributed by atoms with van der Waals surface area (Å²) in [5.74, 6) is 0. The minimum Gasteiger partial charge on any atom is -0.465 e. The SMILES string of the molecule is CC1(CO)CN(C(=O)O)CCC1(O)c1ccc(Cl)cc1. The predicted octanol–water partition coefficient (Wildman–Crippen LogP) is 1.91. The second-order valence-electron chi connectivity index (χ2n) is 5.54. The first kappa shape index (κ1) is 15.1. The average molecular weight is 300 g/mol. The van der Waals surface area contributed by atoms with Gasteiger partial charge in [-0.3, -0.25) is 0 Å². The largest absolute Gasteiger partial charge is 0.465 e. The maximum absolute atomic E-state index is 11.1. The van der Waals surface area contributed by atoms with Crippen LogP contribution in [0.25, 0.3) is 0 Å². The van der Waals surface area contributed by atoms with Gasteiger partial charge in [0.1, 0.15) is 5.60 Å². The smallest absolute Gasteiger partial charge is 0.407 e. The molecule has 1 fully saturated rings. The summed E-state index contributed by atoms with van der Waals surface area (Å²) in [6.45, 7) is 1.69. The highest BCUT2D eigenvalue weighted by atomic mass is 35.5. The third-order valence-corrected chi connectivity index (χ3v) is 4.48. The molecular formula is C14H18ClNO4. The molecule has 2 rings (SSSR count). The molecule has 1 aromatic rings. The van der Waals surface area contributed by atoms with Gasteiger partial charge in [-0.25, -0.2) is 4.79 Å². The third-order valence-electron chi connectivity index (χ3n) is 4.22. The van der Waals surface area contributed by atoms with E-state index in [2.05, 4.69) is 0 Å². The van der Waals surface area contributed by atoms with Gasteiger partial charge in [0.05, 0.1) is 6.61 Å². The van der Waals surface area contributed by atoms with E-state index in [0.717, 1.165) is 0 Å². The van der Waals surface area contributed by atoms with Gasteiger partial charge in [-0.2, -0.15) is 0 Å². The quantitative estimate of drug-likeness (QED) is 0.779. The minimum atomic E-state index is -1.28. The number of hydrogen-bond acceptors (Lipinski definition) is 3. The topological polar surface area (TPSA) is 81.0 Å². The van der Waals surface area contributed by atoms with Crippen molar-refractivity contribution in [3.63, 3.8) is 0 Å². The lowest BCUT2D eigenvalue weighted by Crippen LogP contribution is -2.59. The molecule has 110 valence electrons. The first-order chi connectivity index (χ1) is 9.32. The van der Waals surface area contributed by atoms with E-state index < -0.39 is 17.1 Å². The van der Waals surface area contributed by atoms with Crippen molar-refractivity contribution in [3.05, 3.63) is 34.9 Å². The zero-order valence-electron chi connectivity index (χ0n) is 11.2. The molecule has 0 aliphatic carbocycles. The molecule has 0 radical (unpaired) electrons.